The highest BCUT2D eigenvalue weighted by atomic mass is 16.5. The number of ether oxygens (including phenoxy) is 1. The van der Waals surface area contributed by atoms with Gasteiger partial charge in [0, 0.05) is 7.05 Å². The van der Waals surface area contributed by atoms with E-state index in [4.69, 9.17) is 4.74 Å². The zero-order valence-electron chi connectivity index (χ0n) is 17.4. The van der Waals surface area contributed by atoms with E-state index in [-0.39, 0.29) is 5.65 Å². The zero-order valence-corrected chi connectivity index (χ0v) is 17.4. The van der Waals surface area contributed by atoms with E-state index in [0.29, 0.717) is 18.0 Å². The summed E-state index contributed by atoms with van der Waals surface area (Å²) in [5.74, 6) is 1.12. The maximum absolute atomic E-state index is 12.6. The number of H-pyrrole nitrogens is 1. The van der Waals surface area contributed by atoms with Gasteiger partial charge in [-0.15, -0.1) is 0 Å². The highest BCUT2D eigenvalue weighted by Gasteiger charge is 2.17. The molecular formula is C22H22N6O3. The van der Waals surface area contributed by atoms with Crippen molar-refractivity contribution in [1.29, 1.82) is 0 Å². The number of rotatable bonds is 6. The monoisotopic (exact) mass is 418 g/mol. The fourth-order valence-corrected chi connectivity index (χ4v) is 3.27. The molecule has 0 saturated heterocycles. The van der Waals surface area contributed by atoms with E-state index in [2.05, 4.69) is 20.5 Å². The minimum atomic E-state index is -0.522. The quantitative estimate of drug-likeness (QED) is 0.369. The van der Waals surface area contributed by atoms with Gasteiger partial charge >= 0.3 is 5.69 Å². The molecular weight excluding hydrogens is 396 g/mol. The zero-order chi connectivity index (χ0) is 22.0. The van der Waals surface area contributed by atoms with E-state index < -0.39 is 11.2 Å². The first kappa shape index (κ1) is 20.1. The number of fused-ring (bicyclic) bond motifs is 1. The normalized spacial score (nSPS) is 11.6. The number of anilines is 1. The molecule has 0 radical (unpaired) electrons. The lowest BCUT2D eigenvalue weighted by atomic mass is 10.1. The summed E-state index contributed by atoms with van der Waals surface area (Å²) in [5.41, 5.74) is 5.14. The summed E-state index contributed by atoms with van der Waals surface area (Å²) in [6.45, 7) is 2.25. The van der Waals surface area contributed by atoms with E-state index in [0.717, 1.165) is 22.6 Å². The van der Waals surface area contributed by atoms with Crippen molar-refractivity contribution >= 4 is 22.8 Å². The van der Waals surface area contributed by atoms with Gasteiger partial charge in [-0.05, 0) is 42.3 Å². The van der Waals surface area contributed by atoms with Crippen molar-refractivity contribution in [1.82, 2.24) is 19.1 Å². The molecule has 4 aromatic rings. The fraction of sp³-hybridized carbons (Fsp3) is 0.182. The molecule has 2 N–H and O–H groups in total. The number of benzene rings is 2. The number of aromatic nitrogens is 4. The fourth-order valence-electron chi connectivity index (χ4n) is 3.27. The van der Waals surface area contributed by atoms with Gasteiger partial charge in [-0.3, -0.25) is 18.9 Å². The summed E-state index contributed by atoms with van der Waals surface area (Å²) < 4.78 is 8.21. The molecule has 0 atom stereocenters. The Balaban J connectivity index is 1.77. The number of aryl methyl sites for hydroxylation is 1. The second kappa shape index (κ2) is 8.31. The number of hydrazone groups is 1. The van der Waals surface area contributed by atoms with Crippen molar-refractivity contribution in [2.24, 2.45) is 12.1 Å². The summed E-state index contributed by atoms with van der Waals surface area (Å²) in [6.07, 6.45) is 0. The Morgan fingerprint density at radius 3 is 2.52 bits per heavy atom. The minimum Gasteiger partial charge on any atom is -0.497 e. The Labute approximate surface area is 177 Å². The summed E-state index contributed by atoms with van der Waals surface area (Å²) in [5, 5.41) is 4.44. The molecule has 2 aromatic heterocycles. The average Bonchev–Trinajstić information content (AvgIpc) is 3.15. The molecule has 0 amide bonds. The highest BCUT2D eigenvalue weighted by molar-refractivity contribution is 5.99. The van der Waals surface area contributed by atoms with Crippen LogP contribution in [0.1, 0.15) is 18.1 Å². The average molecular weight is 418 g/mol. The second-order valence-electron chi connectivity index (χ2n) is 7.04. The highest BCUT2D eigenvalue weighted by Crippen LogP contribution is 2.18. The van der Waals surface area contributed by atoms with Crippen LogP contribution in [0.5, 0.6) is 5.75 Å². The molecule has 0 bridgehead atoms. The Kier molecular flexibility index (Phi) is 5.40. The molecule has 0 aliphatic heterocycles. The van der Waals surface area contributed by atoms with Gasteiger partial charge in [0.25, 0.3) is 5.56 Å². The van der Waals surface area contributed by atoms with Gasteiger partial charge in [0.2, 0.25) is 5.95 Å². The number of nitrogens with zero attached hydrogens (tertiary/aromatic N) is 4. The second-order valence-corrected chi connectivity index (χ2v) is 7.04. The SMILES string of the molecule is COc1ccc(/C(C)=N\Nc2nc3c(c(=O)[nH]c(=O)n3C)n2Cc2ccccc2)cc1. The van der Waals surface area contributed by atoms with Crippen LogP contribution in [0, 0.1) is 0 Å². The maximum atomic E-state index is 12.6. The first-order valence-electron chi connectivity index (χ1n) is 9.66. The van der Waals surface area contributed by atoms with Crippen molar-refractivity contribution in [2.45, 2.75) is 13.5 Å². The van der Waals surface area contributed by atoms with Crippen LogP contribution in [0.3, 0.4) is 0 Å². The Hall–Kier alpha value is -4.14. The molecule has 0 saturated carbocycles. The van der Waals surface area contributed by atoms with Gasteiger partial charge in [0.15, 0.2) is 11.2 Å². The molecule has 2 heterocycles. The molecule has 0 unspecified atom stereocenters. The number of aromatic amines is 1. The van der Waals surface area contributed by atoms with Crippen LogP contribution < -0.4 is 21.4 Å². The Morgan fingerprint density at radius 2 is 1.84 bits per heavy atom. The van der Waals surface area contributed by atoms with Gasteiger partial charge in [-0.25, -0.2) is 10.2 Å². The lowest BCUT2D eigenvalue weighted by molar-refractivity contribution is 0.415. The van der Waals surface area contributed by atoms with Crippen molar-refractivity contribution < 1.29 is 4.74 Å². The van der Waals surface area contributed by atoms with Gasteiger partial charge in [-0.1, -0.05) is 30.3 Å². The van der Waals surface area contributed by atoms with Crippen LogP contribution in [-0.2, 0) is 13.6 Å². The van der Waals surface area contributed by atoms with Crippen molar-refractivity contribution in [2.75, 3.05) is 12.5 Å². The molecule has 4 rings (SSSR count). The molecule has 0 fully saturated rings. The molecule has 9 nitrogen and oxygen atoms in total. The van der Waals surface area contributed by atoms with Crippen molar-refractivity contribution in [3.63, 3.8) is 0 Å². The lowest BCUT2D eigenvalue weighted by Crippen LogP contribution is -2.29. The summed E-state index contributed by atoms with van der Waals surface area (Å²) in [6, 6.07) is 17.2. The third-order valence-electron chi connectivity index (χ3n) is 5.02. The minimum absolute atomic E-state index is 0.282. The molecule has 31 heavy (non-hydrogen) atoms. The first-order valence-corrected chi connectivity index (χ1v) is 9.66. The molecule has 0 spiro atoms. The van der Waals surface area contributed by atoms with Crippen LogP contribution in [0.15, 0.2) is 69.3 Å². The smallest absolute Gasteiger partial charge is 0.329 e. The van der Waals surface area contributed by atoms with Crippen LogP contribution in [0.25, 0.3) is 11.2 Å². The van der Waals surface area contributed by atoms with E-state index in [1.165, 1.54) is 4.57 Å². The third kappa shape index (κ3) is 3.97. The predicted octanol–water partition coefficient (Wildman–Crippen LogP) is 2.32. The van der Waals surface area contributed by atoms with Gasteiger partial charge in [0.1, 0.15) is 5.75 Å². The standard InChI is InChI=1S/C22H22N6O3/c1-14(16-9-11-17(31-3)12-10-16)25-26-21-23-19-18(20(29)24-22(30)27(19)2)28(21)13-15-7-5-4-6-8-15/h4-12H,13H2,1-3H3,(H,23,26)(H,24,29,30)/b25-14-. The number of hydrogen-bond acceptors (Lipinski definition) is 6. The number of methoxy groups -OCH3 is 1. The van der Waals surface area contributed by atoms with Crippen LogP contribution in [0.4, 0.5) is 5.95 Å². The van der Waals surface area contributed by atoms with E-state index in [1.54, 1.807) is 18.7 Å². The maximum Gasteiger partial charge on any atom is 0.329 e. The van der Waals surface area contributed by atoms with Crippen LogP contribution in [-0.4, -0.2) is 31.9 Å². The van der Waals surface area contributed by atoms with Crippen molar-refractivity contribution in [3.8, 4) is 5.75 Å². The summed E-state index contributed by atoms with van der Waals surface area (Å²) in [7, 11) is 3.18. The number of imidazole rings is 1. The molecule has 0 aliphatic rings. The predicted molar refractivity (Wildman–Crippen MR) is 120 cm³/mol. The number of hydrogen-bond donors (Lipinski definition) is 2. The van der Waals surface area contributed by atoms with Crippen LogP contribution >= 0.6 is 0 Å². The molecule has 2 aromatic carbocycles. The van der Waals surface area contributed by atoms with Crippen molar-refractivity contribution in [3.05, 3.63) is 86.6 Å². The van der Waals surface area contributed by atoms with E-state index in [1.807, 2.05) is 61.5 Å². The Bertz CT molecular complexity index is 1360. The largest absolute Gasteiger partial charge is 0.497 e. The van der Waals surface area contributed by atoms with Crippen LogP contribution in [0.2, 0.25) is 0 Å². The Morgan fingerprint density at radius 1 is 1.13 bits per heavy atom. The first-order chi connectivity index (χ1) is 15.0. The lowest BCUT2D eigenvalue weighted by Gasteiger charge is -2.09. The summed E-state index contributed by atoms with van der Waals surface area (Å²) >= 11 is 0. The molecule has 9 heteroatoms. The van der Waals surface area contributed by atoms with Gasteiger partial charge in [0.05, 0.1) is 19.4 Å². The van der Waals surface area contributed by atoms with E-state index >= 15 is 0 Å². The number of nitrogens with one attached hydrogen (secondary N) is 2. The summed E-state index contributed by atoms with van der Waals surface area (Å²) in [4.78, 5) is 31.5. The van der Waals surface area contributed by atoms with Gasteiger partial charge < -0.3 is 4.74 Å². The molecule has 158 valence electrons. The topological polar surface area (TPSA) is 106 Å². The third-order valence-corrected chi connectivity index (χ3v) is 5.02. The molecule has 0 aliphatic carbocycles. The van der Waals surface area contributed by atoms with Gasteiger partial charge in [-0.2, -0.15) is 10.1 Å². The van der Waals surface area contributed by atoms with E-state index in [9.17, 15) is 9.59 Å².